The minimum atomic E-state index is -0.875. The normalized spacial score (nSPS) is 11.8. The van der Waals surface area contributed by atoms with E-state index in [1.807, 2.05) is 0 Å². The smallest absolute Gasteiger partial charge is 0.425 e. The van der Waals surface area contributed by atoms with E-state index in [2.05, 4.69) is 4.98 Å². The second kappa shape index (κ2) is 7.17. The fraction of sp³-hybridized carbons (Fsp3) is 0.588. The third kappa shape index (κ3) is 5.81. The number of hydrogen-bond acceptors (Lipinski definition) is 6. The first-order valence-corrected chi connectivity index (χ1v) is 7.66. The molecule has 7 nitrogen and oxygen atoms in total. The van der Waals surface area contributed by atoms with E-state index < -0.39 is 23.4 Å². The number of amides is 2. The number of ether oxygens (including phenoxy) is 2. The van der Waals surface area contributed by atoms with Crippen molar-refractivity contribution in [3.05, 3.63) is 23.4 Å². The lowest BCUT2D eigenvalue weighted by Gasteiger charge is -2.28. The van der Waals surface area contributed by atoms with Crippen molar-refractivity contribution in [1.82, 2.24) is 4.98 Å². The van der Waals surface area contributed by atoms with Crippen molar-refractivity contribution < 1.29 is 24.2 Å². The number of aliphatic hydroxyl groups excluding tert-OH is 1. The molecule has 0 aromatic carbocycles. The van der Waals surface area contributed by atoms with Crippen LogP contribution in [-0.4, -0.2) is 33.5 Å². The first-order chi connectivity index (χ1) is 10.8. The van der Waals surface area contributed by atoms with Crippen molar-refractivity contribution in [2.45, 2.75) is 66.3 Å². The highest BCUT2D eigenvalue weighted by Gasteiger charge is 2.33. The summed E-state index contributed by atoms with van der Waals surface area (Å²) in [6.45, 7) is 11.8. The molecule has 0 aliphatic heterocycles. The summed E-state index contributed by atoms with van der Waals surface area (Å²) in [4.78, 5) is 29.8. The Kier molecular flexibility index (Phi) is 5.94. The number of imide groups is 1. The van der Waals surface area contributed by atoms with Crippen LogP contribution in [0.2, 0.25) is 0 Å². The molecule has 0 aliphatic rings. The van der Waals surface area contributed by atoms with Crippen molar-refractivity contribution in [2.24, 2.45) is 0 Å². The molecule has 2 amide bonds. The van der Waals surface area contributed by atoms with Gasteiger partial charge in [-0.15, -0.1) is 0 Å². The number of rotatable bonds is 2. The van der Waals surface area contributed by atoms with Crippen LogP contribution in [-0.2, 0) is 16.1 Å². The summed E-state index contributed by atoms with van der Waals surface area (Å²) in [7, 11) is 0. The summed E-state index contributed by atoms with van der Waals surface area (Å²) >= 11 is 0. The van der Waals surface area contributed by atoms with Gasteiger partial charge in [0.1, 0.15) is 17.0 Å². The molecule has 0 saturated carbocycles. The predicted molar refractivity (Wildman–Crippen MR) is 89.8 cm³/mol. The largest absolute Gasteiger partial charge is 0.443 e. The molecule has 0 aliphatic carbocycles. The number of aryl methyl sites for hydroxylation is 1. The molecule has 0 fully saturated rings. The average Bonchev–Trinajstić information content (AvgIpc) is 2.34. The van der Waals surface area contributed by atoms with Crippen molar-refractivity contribution in [3.8, 4) is 0 Å². The van der Waals surface area contributed by atoms with Gasteiger partial charge in [0.25, 0.3) is 0 Å². The van der Waals surface area contributed by atoms with Crippen LogP contribution in [0.5, 0.6) is 0 Å². The summed E-state index contributed by atoms with van der Waals surface area (Å²) in [6.07, 6.45) is -0.340. The molecule has 0 atom stereocenters. The van der Waals surface area contributed by atoms with Crippen molar-refractivity contribution in [3.63, 3.8) is 0 Å². The number of aliphatic hydroxyl groups is 1. The first-order valence-electron chi connectivity index (χ1n) is 7.66. The topological polar surface area (TPSA) is 89.0 Å². The van der Waals surface area contributed by atoms with Gasteiger partial charge in [0.15, 0.2) is 0 Å². The first kappa shape index (κ1) is 19.9. The molecule has 1 rings (SSSR count). The Morgan fingerprint density at radius 1 is 1.08 bits per heavy atom. The van der Waals surface area contributed by atoms with E-state index in [1.54, 1.807) is 48.5 Å². The van der Waals surface area contributed by atoms with Gasteiger partial charge in [-0.05, 0) is 65.7 Å². The summed E-state index contributed by atoms with van der Waals surface area (Å²) in [5, 5.41) is 9.24. The average molecular weight is 338 g/mol. The molecule has 134 valence electrons. The Hall–Kier alpha value is -2.15. The molecule has 7 heteroatoms. The number of carbonyl (C=O) groups excluding carboxylic acids is 2. The van der Waals surface area contributed by atoms with E-state index in [-0.39, 0.29) is 12.4 Å². The number of aromatic nitrogens is 1. The number of carbonyl (C=O) groups is 2. The zero-order valence-corrected chi connectivity index (χ0v) is 15.3. The zero-order chi connectivity index (χ0) is 18.7. The Labute approximate surface area is 142 Å². The Bertz CT molecular complexity index is 586. The maximum atomic E-state index is 12.5. The van der Waals surface area contributed by atoms with E-state index in [4.69, 9.17) is 9.47 Å². The Morgan fingerprint density at radius 2 is 1.54 bits per heavy atom. The van der Waals surface area contributed by atoms with Gasteiger partial charge in [0.2, 0.25) is 0 Å². The molecule has 1 aromatic rings. The fourth-order valence-electron chi connectivity index (χ4n) is 1.73. The Morgan fingerprint density at radius 3 is 1.88 bits per heavy atom. The lowest BCUT2D eigenvalue weighted by atomic mass is 10.1. The molecule has 24 heavy (non-hydrogen) atoms. The molecule has 1 N–H and O–H groups in total. The van der Waals surface area contributed by atoms with Gasteiger partial charge < -0.3 is 14.6 Å². The standard InChI is InChI=1S/C17H26N2O5/c1-11-8-13(18-9-12(11)10-20)19(14(21)23-16(2,3)4)15(22)24-17(5,6)7/h8-9,20H,10H2,1-7H3. The molecule has 0 unspecified atom stereocenters. The highest BCUT2D eigenvalue weighted by Crippen LogP contribution is 2.22. The highest BCUT2D eigenvalue weighted by molar-refractivity contribution is 6.08. The quantitative estimate of drug-likeness (QED) is 0.887. The number of nitrogens with zero attached hydrogens (tertiary/aromatic N) is 2. The van der Waals surface area contributed by atoms with Crippen LogP contribution in [0.25, 0.3) is 0 Å². The van der Waals surface area contributed by atoms with Crippen molar-refractivity contribution in [1.29, 1.82) is 0 Å². The van der Waals surface area contributed by atoms with Crippen LogP contribution in [0.4, 0.5) is 15.4 Å². The van der Waals surface area contributed by atoms with Gasteiger partial charge in [-0.3, -0.25) is 0 Å². The summed E-state index contributed by atoms with van der Waals surface area (Å²) in [5.41, 5.74) is -0.263. The van der Waals surface area contributed by atoms with Gasteiger partial charge in [0.05, 0.1) is 6.61 Å². The second-order valence-electron chi connectivity index (χ2n) is 7.42. The predicted octanol–water partition coefficient (Wildman–Crippen LogP) is 3.56. The van der Waals surface area contributed by atoms with Crippen LogP contribution in [0.1, 0.15) is 52.7 Å². The molecular weight excluding hydrogens is 312 g/mol. The van der Waals surface area contributed by atoms with Gasteiger partial charge >= 0.3 is 12.2 Å². The molecular formula is C17H26N2O5. The molecule has 0 saturated heterocycles. The summed E-state index contributed by atoms with van der Waals surface area (Å²) < 4.78 is 10.6. The van der Waals surface area contributed by atoms with Gasteiger partial charge in [-0.25, -0.2) is 14.6 Å². The van der Waals surface area contributed by atoms with E-state index in [0.717, 1.165) is 4.90 Å². The monoisotopic (exact) mass is 338 g/mol. The maximum absolute atomic E-state index is 12.5. The zero-order valence-electron chi connectivity index (χ0n) is 15.3. The molecule has 0 bridgehead atoms. The summed E-state index contributed by atoms with van der Waals surface area (Å²) in [6, 6.07) is 1.53. The van der Waals surface area contributed by atoms with Crippen LogP contribution < -0.4 is 4.90 Å². The van der Waals surface area contributed by atoms with Crippen LogP contribution in [0.3, 0.4) is 0 Å². The Balaban J connectivity index is 3.25. The molecule has 0 spiro atoms. The maximum Gasteiger partial charge on any atom is 0.425 e. The van der Waals surface area contributed by atoms with Crippen LogP contribution >= 0.6 is 0 Å². The lowest BCUT2D eigenvalue weighted by Crippen LogP contribution is -2.44. The van der Waals surface area contributed by atoms with E-state index in [1.165, 1.54) is 12.3 Å². The third-order valence-electron chi connectivity index (χ3n) is 2.76. The molecule has 1 aromatic heterocycles. The minimum Gasteiger partial charge on any atom is -0.443 e. The fourth-order valence-corrected chi connectivity index (χ4v) is 1.73. The van der Waals surface area contributed by atoms with E-state index >= 15 is 0 Å². The highest BCUT2D eigenvalue weighted by atomic mass is 16.6. The summed E-state index contributed by atoms with van der Waals surface area (Å²) in [5.74, 6) is 0.0770. The van der Waals surface area contributed by atoms with Crippen molar-refractivity contribution in [2.75, 3.05) is 4.90 Å². The van der Waals surface area contributed by atoms with Gasteiger partial charge in [-0.2, -0.15) is 4.90 Å². The van der Waals surface area contributed by atoms with E-state index in [0.29, 0.717) is 11.1 Å². The lowest BCUT2D eigenvalue weighted by molar-refractivity contribution is 0.0429. The van der Waals surface area contributed by atoms with E-state index in [9.17, 15) is 14.7 Å². The van der Waals surface area contributed by atoms with Crippen molar-refractivity contribution >= 4 is 18.0 Å². The van der Waals surface area contributed by atoms with Gasteiger partial charge in [0, 0.05) is 6.20 Å². The van der Waals surface area contributed by atoms with Gasteiger partial charge in [-0.1, -0.05) is 0 Å². The molecule has 1 heterocycles. The van der Waals surface area contributed by atoms with Crippen LogP contribution in [0.15, 0.2) is 12.3 Å². The SMILES string of the molecule is Cc1cc(N(C(=O)OC(C)(C)C)C(=O)OC(C)(C)C)ncc1CO. The third-order valence-corrected chi connectivity index (χ3v) is 2.76. The second-order valence-corrected chi connectivity index (χ2v) is 7.42. The minimum absolute atomic E-state index is 0.0770. The van der Waals surface area contributed by atoms with Crippen LogP contribution in [0, 0.1) is 6.92 Å². The number of pyridine rings is 1. The molecule has 0 radical (unpaired) electrons. The number of anilines is 1. The number of hydrogen-bond donors (Lipinski definition) is 1.